The topological polar surface area (TPSA) is 128 Å². The number of aromatic nitrogens is 2. The van der Waals surface area contributed by atoms with Crippen molar-refractivity contribution in [1.29, 1.82) is 0 Å². The number of piperidine rings is 1. The minimum Gasteiger partial charge on any atom is -0.492 e. The minimum atomic E-state index is -3.59. The lowest BCUT2D eigenvalue weighted by Gasteiger charge is -2.32. The number of likely N-dealkylation sites (tertiary alicyclic amines) is 1. The number of ether oxygens (including phenoxy) is 1. The van der Waals surface area contributed by atoms with E-state index in [0.717, 1.165) is 12.8 Å². The Bertz CT molecular complexity index is 1060. The number of amides is 1. The van der Waals surface area contributed by atoms with Crippen LogP contribution in [0.25, 0.3) is 0 Å². The predicted molar refractivity (Wildman–Crippen MR) is 106 cm³/mol. The third-order valence-electron chi connectivity index (χ3n) is 5.03. The Balaban J connectivity index is 1.44. The molecule has 1 atom stereocenters. The summed E-state index contributed by atoms with van der Waals surface area (Å²) in [6.07, 6.45) is 6.23. The van der Waals surface area contributed by atoms with E-state index in [1.165, 1.54) is 18.7 Å². The van der Waals surface area contributed by atoms with Gasteiger partial charge in [0.25, 0.3) is 15.9 Å². The highest BCUT2D eigenvalue weighted by molar-refractivity contribution is 7.89. The van der Waals surface area contributed by atoms with Gasteiger partial charge in [0.05, 0.1) is 23.5 Å². The van der Waals surface area contributed by atoms with Crippen LogP contribution >= 0.6 is 0 Å². The largest absolute Gasteiger partial charge is 0.492 e. The summed E-state index contributed by atoms with van der Waals surface area (Å²) in [5, 5.41) is 0. The number of carbonyl (C=O) groups is 1. The summed E-state index contributed by atoms with van der Waals surface area (Å²) in [6, 6.07) is 5.21. The Morgan fingerprint density at radius 2 is 2.07 bits per heavy atom. The molecule has 2 aliphatic heterocycles. The Labute approximate surface area is 168 Å². The molecule has 2 aromatic rings. The maximum atomic E-state index is 12.6. The van der Waals surface area contributed by atoms with Gasteiger partial charge in [0, 0.05) is 31.4 Å². The standard InChI is InChI=1S/C19H21N5O4S/c20-18-17-14(11-29(26,27)23-18)4-1-5-16(17)28-10-13-3-2-6-24(9-13)19(25)15-7-21-12-22-8-15/h1,4-5,7-8,12-13H,2-3,6,9-11H2,(H2,20,23)/t13-/m0/s1. The van der Waals surface area contributed by atoms with E-state index in [9.17, 15) is 13.2 Å². The van der Waals surface area contributed by atoms with Gasteiger partial charge in [0.15, 0.2) is 0 Å². The molecule has 4 rings (SSSR count). The van der Waals surface area contributed by atoms with Crippen LogP contribution in [0.3, 0.4) is 0 Å². The zero-order chi connectivity index (χ0) is 20.4. The van der Waals surface area contributed by atoms with E-state index >= 15 is 0 Å². The van der Waals surface area contributed by atoms with Gasteiger partial charge in [-0.15, -0.1) is 4.40 Å². The molecule has 2 aliphatic rings. The molecule has 1 saturated heterocycles. The lowest BCUT2D eigenvalue weighted by molar-refractivity contribution is 0.0632. The fourth-order valence-electron chi connectivity index (χ4n) is 3.72. The average Bonchev–Trinajstić information content (AvgIpc) is 2.71. The van der Waals surface area contributed by atoms with Crippen molar-refractivity contribution in [2.45, 2.75) is 18.6 Å². The van der Waals surface area contributed by atoms with Crippen LogP contribution in [0.1, 0.15) is 34.3 Å². The Morgan fingerprint density at radius 3 is 2.86 bits per heavy atom. The van der Waals surface area contributed by atoms with E-state index in [1.807, 2.05) is 0 Å². The molecule has 0 spiro atoms. The summed E-state index contributed by atoms with van der Waals surface area (Å²) in [7, 11) is -3.59. The molecule has 0 unspecified atom stereocenters. The van der Waals surface area contributed by atoms with Crippen molar-refractivity contribution < 1.29 is 17.9 Å². The molecular weight excluding hydrogens is 394 g/mol. The van der Waals surface area contributed by atoms with Crippen molar-refractivity contribution in [1.82, 2.24) is 14.9 Å². The summed E-state index contributed by atoms with van der Waals surface area (Å²) in [5.74, 6) is 0.336. The zero-order valence-corrected chi connectivity index (χ0v) is 16.5. The van der Waals surface area contributed by atoms with Gasteiger partial charge in [-0.1, -0.05) is 12.1 Å². The number of carbonyl (C=O) groups excluding carboxylic acids is 1. The molecule has 3 heterocycles. The second kappa shape index (κ2) is 7.78. The molecule has 1 aromatic heterocycles. The van der Waals surface area contributed by atoms with Crippen LogP contribution in [-0.4, -0.2) is 54.7 Å². The van der Waals surface area contributed by atoms with Gasteiger partial charge in [-0.2, -0.15) is 0 Å². The van der Waals surface area contributed by atoms with E-state index in [0.29, 0.717) is 42.1 Å². The molecule has 0 aliphatic carbocycles. The molecule has 10 heteroatoms. The lowest BCUT2D eigenvalue weighted by Crippen LogP contribution is -2.41. The maximum absolute atomic E-state index is 12.6. The number of hydrogen-bond acceptors (Lipinski definition) is 7. The van der Waals surface area contributed by atoms with E-state index in [4.69, 9.17) is 10.5 Å². The Kier molecular flexibility index (Phi) is 5.18. The zero-order valence-electron chi connectivity index (χ0n) is 15.7. The molecule has 152 valence electrons. The Hall–Kier alpha value is -3.01. The van der Waals surface area contributed by atoms with Crippen LogP contribution in [0.4, 0.5) is 0 Å². The number of fused-ring (bicyclic) bond motifs is 1. The molecule has 9 nitrogen and oxygen atoms in total. The maximum Gasteiger partial charge on any atom is 0.259 e. The normalized spacial score (nSPS) is 20.5. The summed E-state index contributed by atoms with van der Waals surface area (Å²) >= 11 is 0. The summed E-state index contributed by atoms with van der Waals surface area (Å²) in [6.45, 7) is 1.65. The van der Waals surface area contributed by atoms with Crippen LogP contribution in [0.2, 0.25) is 0 Å². The van der Waals surface area contributed by atoms with Crippen molar-refractivity contribution in [2.75, 3.05) is 19.7 Å². The third kappa shape index (κ3) is 4.21. The smallest absolute Gasteiger partial charge is 0.259 e. The van der Waals surface area contributed by atoms with Gasteiger partial charge in [0.1, 0.15) is 17.9 Å². The summed E-state index contributed by atoms with van der Waals surface area (Å²) in [5.41, 5.74) is 7.47. The molecule has 29 heavy (non-hydrogen) atoms. The SMILES string of the molecule is NC1=NS(=O)(=O)Cc2cccc(OC[C@H]3CCCN(C(=O)c4cncnc4)C3)c21. The summed E-state index contributed by atoms with van der Waals surface area (Å²) < 4.78 is 33.2. The Morgan fingerprint density at radius 1 is 1.28 bits per heavy atom. The van der Waals surface area contributed by atoms with E-state index in [2.05, 4.69) is 14.4 Å². The first-order valence-corrected chi connectivity index (χ1v) is 10.9. The molecule has 1 aromatic carbocycles. The quantitative estimate of drug-likeness (QED) is 0.787. The molecular formula is C19H21N5O4S. The van der Waals surface area contributed by atoms with Crippen LogP contribution in [-0.2, 0) is 15.8 Å². The third-order valence-corrected chi connectivity index (χ3v) is 6.18. The van der Waals surface area contributed by atoms with Crippen molar-refractivity contribution in [3.8, 4) is 5.75 Å². The van der Waals surface area contributed by atoms with Crippen molar-refractivity contribution in [3.05, 3.63) is 53.6 Å². The van der Waals surface area contributed by atoms with Gasteiger partial charge in [-0.3, -0.25) is 4.79 Å². The van der Waals surface area contributed by atoms with E-state index in [1.54, 1.807) is 23.1 Å². The van der Waals surface area contributed by atoms with Crippen molar-refractivity contribution in [3.63, 3.8) is 0 Å². The minimum absolute atomic E-state index is 0.0497. The number of hydrogen-bond donors (Lipinski definition) is 1. The van der Waals surface area contributed by atoms with Crippen LogP contribution in [0.15, 0.2) is 41.3 Å². The van der Waals surface area contributed by atoms with Crippen LogP contribution < -0.4 is 10.5 Å². The molecule has 2 N–H and O–H groups in total. The van der Waals surface area contributed by atoms with Crippen molar-refractivity contribution in [2.24, 2.45) is 16.0 Å². The van der Waals surface area contributed by atoms with Gasteiger partial charge < -0.3 is 15.4 Å². The monoisotopic (exact) mass is 415 g/mol. The van der Waals surface area contributed by atoms with Crippen molar-refractivity contribution >= 4 is 21.8 Å². The molecule has 1 fully saturated rings. The number of nitrogens with two attached hydrogens (primary N) is 1. The number of benzene rings is 1. The average molecular weight is 415 g/mol. The van der Waals surface area contributed by atoms with E-state index < -0.39 is 10.0 Å². The molecule has 0 radical (unpaired) electrons. The second-order valence-corrected chi connectivity index (χ2v) is 8.83. The first-order chi connectivity index (χ1) is 13.9. The highest BCUT2D eigenvalue weighted by Crippen LogP contribution is 2.29. The second-order valence-electron chi connectivity index (χ2n) is 7.19. The number of sulfonamides is 1. The van der Waals surface area contributed by atoms with Gasteiger partial charge in [0.2, 0.25) is 0 Å². The summed E-state index contributed by atoms with van der Waals surface area (Å²) in [4.78, 5) is 22.2. The van der Waals surface area contributed by atoms with Gasteiger partial charge in [-0.25, -0.2) is 18.4 Å². The molecule has 0 saturated carbocycles. The van der Waals surface area contributed by atoms with Gasteiger partial charge >= 0.3 is 0 Å². The van der Waals surface area contributed by atoms with E-state index in [-0.39, 0.29) is 23.4 Å². The number of amidine groups is 1. The highest BCUT2D eigenvalue weighted by Gasteiger charge is 2.28. The molecule has 1 amide bonds. The molecule has 0 bridgehead atoms. The highest BCUT2D eigenvalue weighted by atomic mass is 32.2. The van der Waals surface area contributed by atoms with Crippen LogP contribution in [0.5, 0.6) is 5.75 Å². The fourth-order valence-corrected chi connectivity index (χ4v) is 4.81. The fraction of sp³-hybridized carbons (Fsp3) is 0.368. The van der Waals surface area contributed by atoms with Crippen LogP contribution in [0, 0.1) is 5.92 Å². The predicted octanol–water partition coefficient (Wildman–Crippen LogP) is 0.956. The number of nitrogens with zero attached hydrogens (tertiary/aromatic N) is 4. The first-order valence-electron chi connectivity index (χ1n) is 9.30. The number of rotatable bonds is 4. The lowest BCUT2D eigenvalue weighted by atomic mass is 9.98. The van der Waals surface area contributed by atoms with Gasteiger partial charge in [-0.05, 0) is 24.5 Å². The first kappa shape index (κ1) is 19.3.